The Bertz CT molecular complexity index is 1270. The largest absolute Gasteiger partial charge is 0.461 e. The van der Waals surface area contributed by atoms with Gasteiger partial charge in [-0.3, -0.25) is 14.5 Å². The van der Waals surface area contributed by atoms with Gasteiger partial charge in [0.05, 0.1) is 18.3 Å². The highest BCUT2D eigenvalue weighted by Crippen LogP contribution is 2.25. The number of aromatic nitrogens is 3. The first-order valence-electron chi connectivity index (χ1n) is 11.6. The molecule has 3 aromatic rings. The highest BCUT2D eigenvalue weighted by atomic mass is 32.1. The number of carbonyl (C=O) groups is 3. The van der Waals surface area contributed by atoms with E-state index in [-0.39, 0.29) is 17.9 Å². The van der Waals surface area contributed by atoms with Crippen LogP contribution in [0, 0.1) is 13.8 Å². The van der Waals surface area contributed by atoms with E-state index in [1.54, 1.807) is 38.1 Å². The molecule has 1 aromatic carbocycles. The Kier molecular flexibility index (Phi) is 7.75. The van der Waals surface area contributed by atoms with Crippen LogP contribution in [0.3, 0.4) is 0 Å². The van der Waals surface area contributed by atoms with Crippen molar-refractivity contribution in [2.45, 2.75) is 45.7 Å². The second-order valence-electron chi connectivity index (χ2n) is 8.64. The molecule has 0 bridgehead atoms. The molecule has 190 valence electrons. The number of esters is 1. The average Bonchev–Trinajstić information content (AvgIpc) is 3.55. The van der Waals surface area contributed by atoms with Crippen LogP contribution < -0.4 is 10.6 Å². The molecular weight excluding hydrogens is 484 g/mol. The summed E-state index contributed by atoms with van der Waals surface area (Å²) in [6.45, 7) is 6.17. The van der Waals surface area contributed by atoms with Gasteiger partial charge in [-0.15, -0.1) is 0 Å². The number of nitrogens with zero attached hydrogens (tertiary/aromatic N) is 4. The normalized spacial score (nSPS) is 17.7. The number of benzene rings is 1. The van der Waals surface area contributed by atoms with E-state index >= 15 is 0 Å². The van der Waals surface area contributed by atoms with E-state index in [1.807, 2.05) is 18.9 Å². The fraction of sp³-hybridized carbons (Fsp3) is 0.417. The maximum absolute atomic E-state index is 13.0. The first-order chi connectivity index (χ1) is 17.2. The van der Waals surface area contributed by atoms with Crippen molar-refractivity contribution >= 4 is 34.3 Å². The lowest BCUT2D eigenvalue weighted by Gasteiger charge is -2.17. The van der Waals surface area contributed by atoms with Crippen LogP contribution in [0.1, 0.15) is 51.4 Å². The predicted octanol–water partition coefficient (Wildman–Crippen LogP) is 2.82. The lowest BCUT2D eigenvalue weighted by molar-refractivity contribution is -0.119. The van der Waals surface area contributed by atoms with Gasteiger partial charge in [0.25, 0.3) is 5.91 Å². The summed E-state index contributed by atoms with van der Waals surface area (Å²) < 4.78 is 10.2. The molecule has 0 spiro atoms. The first-order valence-corrected chi connectivity index (χ1v) is 12.4. The molecule has 3 heterocycles. The topological polar surface area (TPSA) is 140 Å². The number of rotatable bonds is 8. The molecular formula is C24H28N6O5S. The number of aryl methyl sites for hydroxylation is 2. The summed E-state index contributed by atoms with van der Waals surface area (Å²) in [7, 11) is 1.83. The van der Waals surface area contributed by atoms with E-state index in [4.69, 9.17) is 9.26 Å². The van der Waals surface area contributed by atoms with Gasteiger partial charge in [-0.1, -0.05) is 35.5 Å². The number of nitrogens with one attached hydrogen (secondary N) is 2. The highest BCUT2D eigenvalue weighted by Gasteiger charge is 2.36. The number of likely N-dealkylation sites (tertiary alicyclic amines) is 1. The average molecular weight is 513 g/mol. The van der Waals surface area contributed by atoms with Crippen molar-refractivity contribution in [3.8, 4) is 11.4 Å². The van der Waals surface area contributed by atoms with Crippen molar-refractivity contribution in [1.29, 1.82) is 0 Å². The second kappa shape index (κ2) is 11.0. The van der Waals surface area contributed by atoms with Crippen LogP contribution in [-0.4, -0.2) is 70.1 Å². The van der Waals surface area contributed by atoms with Crippen LogP contribution >= 0.6 is 11.3 Å². The molecule has 2 unspecified atom stereocenters. The van der Waals surface area contributed by atoms with Gasteiger partial charge >= 0.3 is 5.97 Å². The zero-order valence-electron chi connectivity index (χ0n) is 20.5. The Morgan fingerprint density at radius 3 is 2.78 bits per heavy atom. The molecule has 0 saturated carbocycles. The zero-order valence-corrected chi connectivity index (χ0v) is 21.3. The van der Waals surface area contributed by atoms with E-state index < -0.39 is 12.0 Å². The molecule has 2 aromatic heterocycles. The Morgan fingerprint density at radius 2 is 2.06 bits per heavy atom. The molecule has 12 heteroatoms. The Hall–Kier alpha value is -3.64. The van der Waals surface area contributed by atoms with Crippen molar-refractivity contribution in [2.75, 3.05) is 25.5 Å². The Labute approximate surface area is 212 Å². The summed E-state index contributed by atoms with van der Waals surface area (Å²) in [6, 6.07) is 6.31. The third-order valence-corrected chi connectivity index (χ3v) is 6.80. The number of hydrogen-bond donors (Lipinski definition) is 2. The molecule has 2 atom stereocenters. The third kappa shape index (κ3) is 5.77. The molecule has 2 N–H and O–H groups in total. The third-order valence-electron chi connectivity index (χ3n) is 5.75. The zero-order chi connectivity index (χ0) is 25.8. The van der Waals surface area contributed by atoms with Crippen molar-refractivity contribution in [1.82, 2.24) is 25.3 Å². The Morgan fingerprint density at radius 1 is 1.25 bits per heavy atom. The monoisotopic (exact) mass is 512 g/mol. The van der Waals surface area contributed by atoms with Gasteiger partial charge in [0.1, 0.15) is 4.88 Å². The minimum Gasteiger partial charge on any atom is -0.461 e. The summed E-state index contributed by atoms with van der Waals surface area (Å²) in [5.41, 5.74) is 1.66. The van der Waals surface area contributed by atoms with Gasteiger partial charge in [-0.05, 0) is 38.9 Å². The van der Waals surface area contributed by atoms with Gasteiger partial charge in [0.2, 0.25) is 17.6 Å². The first kappa shape index (κ1) is 25.5. The van der Waals surface area contributed by atoms with Gasteiger partial charge in [-0.2, -0.15) is 4.98 Å². The number of ether oxygens (including phenoxy) is 1. The number of thiazole rings is 1. The Balaban J connectivity index is 1.36. The molecule has 0 radical (unpaired) electrons. The maximum Gasteiger partial charge on any atom is 0.350 e. The quantitative estimate of drug-likeness (QED) is 0.436. The minimum absolute atomic E-state index is 0.216. The highest BCUT2D eigenvalue weighted by molar-refractivity contribution is 7.17. The summed E-state index contributed by atoms with van der Waals surface area (Å²) in [5, 5.41) is 10.0. The van der Waals surface area contributed by atoms with Crippen molar-refractivity contribution in [3.05, 3.63) is 46.3 Å². The minimum atomic E-state index is -0.455. The van der Waals surface area contributed by atoms with Crippen LogP contribution in [-0.2, 0) is 9.53 Å². The van der Waals surface area contributed by atoms with Gasteiger partial charge < -0.3 is 19.9 Å². The molecule has 1 saturated heterocycles. The summed E-state index contributed by atoms with van der Waals surface area (Å²) in [4.78, 5) is 48.8. The lowest BCUT2D eigenvalue weighted by atomic mass is 10.1. The smallest absolute Gasteiger partial charge is 0.350 e. The SMILES string of the molecule is CCCOC(=O)c1sc(NC(=O)C2CC(NC(=O)c3cccc(-c4noc(C)n4)c3)CN2C)nc1C. The number of anilines is 1. The number of hydrogen-bond acceptors (Lipinski definition) is 10. The van der Waals surface area contributed by atoms with Gasteiger partial charge in [0.15, 0.2) is 5.13 Å². The molecule has 36 heavy (non-hydrogen) atoms. The molecule has 1 aliphatic rings. The summed E-state index contributed by atoms with van der Waals surface area (Å²) >= 11 is 1.09. The van der Waals surface area contributed by atoms with Crippen molar-refractivity contribution in [3.63, 3.8) is 0 Å². The summed E-state index contributed by atoms with van der Waals surface area (Å²) in [6.07, 6.45) is 1.16. The van der Waals surface area contributed by atoms with Crippen molar-refractivity contribution in [2.24, 2.45) is 0 Å². The predicted molar refractivity (Wildman–Crippen MR) is 133 cm³/mol. The van der Waals surface area contributed by atoms with Crippen LogP contribution in [0.4, 0.5) is 5.13 Å². The van der Waals surface area contributed by atoms with E-state index in [9.17, 15) is 14.4 Å². The molecule has 4 rings (SSSR count). The van der Waals surface area contributed by atoms with Gasteiger partial charge in [-0.25, -0.2) is 9.78 Å². The molecule has 1 fully saturated rings. The number of amides is 2. The van der Waals surface area contributed by atoms with Crippen molar-refractivity contribution < 1.29 is 23.6 Å². The van der Waals surface area contributed by atoms with E-state index in [2.05, 4.69) is 25.8 Å². The molecule has 0 aliphatic carbocycles. The fourth-order valence-corrected chi connectivity index (χ4v) is 4.85. The van der Waals surface area contributed by atoms with Crippen LogP contribution in [0.25, 0.3) is 11.4 Å². The molecule has 1 aliphatic heterocycles. The second-order valence-corrected chi connectivity index (χ2v) is 9.64. The fourth-order valence-electron chi connectivity index (χ4n) is 3.98. The van der Waals surface area contributed by atoms with E-state index in [0.29, 0.717) is 58.1 Å². The standard InChI is InChI=1S/C24H28N6O5S/c1-5-9-34-23(33)19-13(2)25-24(36-19)28-22(32)18-11-17(12-30(18)4)27-21(31)16-8-6-7-15(10-16)20-26-14(3)35-29-20/h6-8,10,17-18H,5,9,11-12H2,1-4H3,(H,27,31)(H,25,28,32). The number of likely N-dealkylation sites (N-methyl/N-ethyl adjacent to an activating group) is 1. The molecule has 11 nitrogen and oxygen atoms in total. The van der Waals surface area contributed by atoms with Gasteiger partial charge in [0, 0.05) is 30.6 Å². The number of carbonyl (C=O) groups excluding carboxylic acids is 3. The summed E-state index contributed by atoms with van der Waals surface area (Å²) in [5.74, 6) is -0.0719. The van der Waals surface area contributed by atoms with Crippen LogP contribution in [0.2, 0.25) is 0 Å². The van der Waals surface area contributed by atoms with E-state index in [0.717, 1.165) is 17.8 Å². The van der Waals surface area contributed by atoms with Crippen LogP contribution in [0.15, 0.2) is 28.8 Å². The molecule has 2 amide bonds. The van der Waals surface area contributed by atoms with E-state index in [1.165, 1.54) is 0 Å². The van der Waals surface area contributed by atoms with Crippen LogP contribution in [0.5, 0.6) is 0 Å². The maximum atomic E-state index is 13.0. The lowest BCUT2D eigenvalue weighted by Crippen LogP contribution is -2.37.